The highest BCUT2D eigenvalue weighted by Crippen LogP contribution is 2.34. The summed E-state index contributed by atoms with van der Waals surface area (Å²) in [5.74, 6) is -0.197. The van der Waals surface area contributed by atoms with Crippen molar-refractivity contribution in [2.75, 3.05) is 23.4 Å². The number of benzene rings is 1. The van der Waals surface area contributed by atoms with Crippen LogP contribution in [-0.4, -0.2) is 35.7 Å². The van der Waals surface area contributed by atoms with Crippen molar-refractivity contribution >= 4 is 45.8 Å². The summed E-state index contributed by atoms with van der Waals surface area (Å²) < 4.78 is 0. The van der Waals surface area contributed by atoms with Gasteiger partial charge >= 0.3 is 6.09 Å². The van der Waals surface area contributed by atoms with Crippen LogP contribution in [0.3, 0.4) is 0 Å². The van der Waals surface area contributed by atoms with E-state index in [1.54, 1.807) is 23.1 Å². The molecule has 22 heavy (non-hydrogen) atoms. The Balaban J connectivity index is 1.96. The number of carbonyl (C=O) groups is 2. The van der Waals surface area contributed by atoms with Crippen LogP contribution < -0.4 is 9.80 Å². The lowest BCUT2D eigenvalue weighted by Crippen LogP contribution is -2.37. The molecule has 0 bridgehead atoms. The molecule has 0 saturated carbocycles. The van der Waals surface area contributed by atoms with E-state index in [0.717, 1.165) is 16.2 Å². The van der Waals surface area contributed by atoms with Crippen molar-refractivity contribution in [3.63, 3.8) is 0 Å². The van der Waals surface area contributed by atoms with E-state index < -0.39 is 6.09 Å². The number of halogens is 1. The lowest BCUT2D eigenvalue weighted by atomic mass is 10.1. The maximum Gasteiger partial charge on any atom is 0.413 e. The van der Waals surface area contributed by atoms with Crippen molar-refractivity contribution < 1.29 is 14.7 Å². The van der Waals surface area contributed by atoms with Gasteiger partial charge in [0.15, 0.2) is 5.13 Å². The van der Waals surface area contributed by atoms with E-state index in [0.29, 0.717) is 39.4 Å². The second kappa shape index (κ2) is 5.58. The Labute approximate surface area is 135 Å². The SMILES string of the molecule is CN(C(=O)O)c1nc2c(s1)C(=O)N(c1ccccc1Cl)CC2. The molecule has 1 aliphatic rings. The van der Waals surface area contributed by atoms with Crippen LogP contribution in [0.1, 0.15) is 15.4 Å². The third-order valence-electron chi connectivity index (χ3n) is 3.41. The van der Waals surface area contributed by atoms with Gasteiger partial charge in [0.2, 0.25) is 0 Å². The molecule has 0 unspecified atom stereocenters. The van der Waals surface area contributed by atoms with Gasteiger partial charge in [-0.15, -0.1) is 0 Å². The largest absolute Gasteiger partial charge is 0.465 e. The van der Waals surface area contributed by atoms with Crippen LogP contribution in [-0.2, 0) is 6.42 Å². The smallest absolute Gasteiger partial charge is 0.413 e. The fourth-order valence-electron chi connectivity index (χ4n) is 2.24. The Morgan fingerprint density at radius 1 is 1.45 bits per heavy atom. The van der Waals surface area contributed by atoms with Gasteiger partial charge in [0, 0.05) is 20.0 Å². The number of nitrogens with zero attached hydrogens (tertiary/aromatic N) is 3. The van der Waals surface area contributed by atoms with Gasteiger partial charge in [-0.05, 0) is 12.1 Å². The van der Waals surface area contributed by atoms with Crippen LogP contribution in [0, 0.1) is 0 Å². The molecule has 1 aromatic heterocycles. The summed E-state index contributed by atoms with van der Waals surface area (Å²) in [5, 5.41) is 9.81. The number of hydrogen-bond acceptors (Lipinski definition) is 4. The Morgan fingerprint density at radius 2 is 2.18 bits per heavy atom. The fraction of sp³-hybridized carbons (Fsp3) is 0.214. The molecule has 8 heteroatoms. The summed E-state index contributed by atoms with van der Waals surface area (Å²) in [6.45, 7) is 0.468. The second-order valence-corrected chi connectivity index (χ2v) is 6.16. The first-order valence-corrected chi connectivity index (χ1v) is 7.71. The summed E-state index contributed by atoms with van der Waals surface area (Å²) >= 11 is 7.24. The minimum Gasteiger partial charge on any atom is -0.465 e. The minimum atomic E-state index is -1.11. The van der Waals surface area contributed by atoms with E-state index in [2.05, 4.69) is 4.98 Å². The highest BCUT2D eigenvalue weighted by Gasteiger charge is 2.31. The van der Waals surface area contributed by atoms with Crippen molar-refractivity contribution in [1.29, 1.82) is 0 Å². The zero-order valence-electron chi connectivity index (χ0n) is 11.6. The van der Waals surface area contributed by atoms with Crippen molar-refractivity contribution in [3.05, 3.63) is 39.9 Å². The van der Waals surface area contributed by atoms with Gasteiger partial charge in [-0.25, -0.2) is 9.78 Å². The molecule has 1 aliphatic heterocycles. The van der Waals surface area contributed by atoms with Crippen molar-refractivity contribution in [3.8, 4) is 0 Å². The molecule has 3 rings (SSSR count). The van der Waals surface area contributed by atoms with Crippen LogP contribution in [0.4, 0.5) is 15.6 Å². The highest BCUT2D eigenvalue weighted by atomic mass is 35.5. The first-order chi connectivity index (χ1) is 10.5. The molecule has 0 fully saturated rings. The average Bonchev–Trinajstić information content (AvgIpc) is 2.93. The molecule has 2 amide bonds. The number of aromatic nitrogens is 1. The molecule has 0 aliphatic carbocycles. The van der Waals surface area contributed by atoms with Gasteiger partial charge in [0.1, 0.15) is 4.88 Å². The predicted octanol–water partition coefficient (Wildman–Crippen LogP) is 3.11. The zero-order chi connectivity index (χ0) is 15.9. The summed E-state index contributed by atoms with van der Waals surface area (Å²) in [5.41, 5.74) is 1.29. The van der Waals surface area contributed by atoms with E-state index in [4.69, 9.17) is 16.7 Å². The second-order valence-electron chi connectivity index (χ2n) is 4.77. The Bertz CT molecular complexity index is 762. The molecule has 0 saturated heterocycles. The molecular weight excluding hydrogens is 326 g/mol. The lowest BCUT2D eigenvalue weighted by Gasteiger charge is -2.26. The van der Waals surface area contributed by atoms with Crippen molar-refractivity contribution in [2.45, 2.75) is 6.42 Å². The van der Waals surface area contributed by atoms with E-state index >= 15 is 0 Å². The number of rotatable bonds is 2. The summed E-state index contributed by atoms with van der Waals surface area (Å²) in [6, 6.07) is 7.14. The van der Waals surface area contributed by atoms with Gasteiger partial charge in [-0.3, -0.25) is 9.69 Å². The Kier molecular flexibility index (Phi) is 3.76. The third-order valence-corrected chi connectivity index (χ3v) is 4.90. The number of anilines is 2. The highest BCUT2D eigenvalue weighted by molar-refractivity contribution is 7.18. The Morgan fingerprint density at radius 3 is 2.86 bits per heavy atom. The quantitative estimate of drug-likeness (QED) is 0.913. The maximum absolute atomic E-state index is 12.6. The lowest BCUT2D eigenvalue weighted by molar-refractivity contribution is 0.0984. The number of hydrogen-bond donors (Lipinski definition) is 1. The molecule has 0 spiro atoms. The Hall–Kier alpha value is -2.12. The monoisotopic (exact) mass is 337 g/mol. The van der Waals surface area contributed by atoms with Crippen LogP contribution in [0.25, 0.3) is 0 Å². The van der Waals surface area contributed by atoms with Crippen LogP contribution in [0.15, 0.2) is 24.3 Å². The number of fused-ring (bicyclic) bond motifs is 1. The first-order valence-electron chi connectivity index (χ1n) is 6.52. The van der Waals surface area contributed by atoms with Gasteiger partial charge in [0.25, 0.3) is 5.91 Å². The average molecular weight is 338 g/mol. The molecule has 1 aromatic carbocycles. The van der Waals surface area contributed by atoms with Crippen molar-refractivity contribution in [2.24, 2.45) is 0 Å². The van der Waals surface area contributed by atoms with Crippen LogP contribution in [0.5, 0.6) is 0 Å². The number of amides is 2. The maximum atomic E-state index is 12.6. The van der Waals surface area contributed by atoms with E-state index in [9.17, 15) is 9.59 Å². The molecule has 114 valence electrons. The van der Waals surface area contributed by atoms with Crippen LogP contribution in [0.2, 0.25) is 5.02 Å². The molecule has 2 heterocycles. The summed E-state index contributed by atoms with van der Waals surface area (Å²) in [6.07, 6.45) is -0.544. The summed E-state index contributed by atoms with van der Waals surface area (Å²) in [7, 11) is 1.41. The van der Waals surface area contributed by atoms with Crippen molar-refractivity contribution in [1.82, 2.24) is 4.98 Å². The van der Waals surface area contributed by atoms with E-state index in [1.165, 1.54) is 7.05 Å². The topological polar surface area (TPSA) is 73.7 Å². The molecule has 0 atom stereocenters. The first kappa shape index (κ1) is 14.8. The number of para-hydroxylation sites is 1. The molecular formula is C14H12ClN3O3S. The number of carboxylic acid groups (broad SMARTS) is 1. The van der Waals surface area contributed by atoms with Crippen LogP contribution >= 0.6 is 22.9 Å². The zero-order valence-corrected chi connectivity index (χ0v) is 13.2. The van der Waals surface area contributed by atoms with E-state index in [-0.39, 0.29) is 5.91 Å². The van der Waals surface area contributed by atoms with Gasteiger partial charge in [-0.2, -0.15) is 0 Å². The molecule has 2 aromatic rings. The molecule has 6 nitrogen and oxygen atoms in total. The van der Waals surface area contributed by atoms with E-state index in [1.807, 2.05) is 6.07 Å². The molecule has 1 N–H and O–H groups in total. The van der Waals surface area contributed by atoms with Gasteiger partial charge < -0.3 is 10.0 Å². The number of carbonyl (C=O) groups excluding carboxylic acids is 1. The van der Waals surface area contributed by atoms with Gasteiger partial charge in [0.05, 0.1) is 16.4 Å². The normalized spacial score (nSPS) is 13.9. The van der Waals surface area contributed by atoms with Gasteiger partial charge in [-0.1, -0.05) is 35.1 Å². The summed E-state index contributed by atoms with van der Waals surface area (Å²) in [4.78, 5) is 31.0. The minimum absolute atomic E-state index is 0.197. The molecule has 0 radical (unpaired) electrons. The third kappa shape index (κ3) is 2.42. The predicted molar refractivity (Wildman–Crippen MR) is 85.4 cm³/mol. The number of thiazole rings is 1. The standard InChI is InChI=1S/C14H12ClN3O3S/c1-17(14(20)21)13-16-9-6-7-18(12(19)11(9)22-13)10-5-3-2-4-8(10)15/h2-5H,6-7H2,1H3,(H,20,21). The fourth-order valence-corrected chi connectivity index (χ4v) is 3.50.